The van der Waals surface area contributed by atoms with Gasteiger partial charge in [-0.15, -0.1) is 0 Å². The van der Waals surface area contributed by atoms with Crippen molar-refractivity contribution in [3.05, 3.63) is 27.2 Å². The van der Waals surface area contributed by atoms with Gasteiger partial charge in [-0.2, -0.15) is 0 Å². The number of carbonyl (C=O) groups is 1. The molecule has 0 saturated heterocycles. The van der Waals surface area contributed by atoms with Gasteiger partial charge >= 0.3 is 0 Å². The van der Waals surface area contributed by atoms with E-state index in [0.717, 1.165) is 0 Å². The van der Waals surface area contributed by atoms with Crippen LogP contribution in [0.2, 0.25) is 15.1 Å². The second-order valence-electron chi connectivity index (χ2n) is 3.56. The van der Waals surface area contributed by atoms with E-state index < -0.39 is 9.96 Å². The molecule has 0 aliphatic rings. The van der Waals surface area contributed by atoms with Crippen molar-refractivity contribution in [2.75, 3.05) is 5.32 Å². The summed E-state index contributed by atoms with van der Waals surface area (Å²) in [6.07, 6.45) is -1.01. The molecule has 0 spiro atoms. The highest BCUT2D eigenvalue weighted by Gasteiger charge is 2.34. The molecule has 0 aliphatic heterocycles. The first kappa shape index (κ1) is 17.3. The Kier molecular flexibility index (Phi) is 6.18. The SMILES string of the molecule is CC(=O)NC(Nc1c(Cl)cc(Cl)cc1Cl)C(Cl)(Cl)Cl. The van der Waals surface area contributed by atoms with Gasteiger partial charge in [0, 0.05) is 11.9 Å². The molecule has 1 amide bonds. The van der Waals surface area contributed by atoms with Crippen molar-refractivity contribution in [2.24, 2.45) is 0 Å². The van der Waals surface area contributed by atoms with Gasteiger partial charge < -0.3 is 10.6 Å². The molecule has 106 valence electrons. The van der Waals surface area contributed by atoms with E-state index in [1.165, 1.54) is 19.1 Å². The highest BCUT2D eigenvalue weighted by atomic mass is 35.6. The van der Waals surface area contributed by atoms with Crippen molar-refractivity contribution >= 4 is 81.2 Å². The van der Waals surface area contributed by atoms with Crippen LogP contribution in [0, 0.1) is 0 Å². The minimum Gasteiger partial charge on any atom is -0.359 e. The van der Waals surface area contributed by atoms with Gasteiger partial charge in [0.15, 0.2) is 0 Å². The van der Waals surface area contributed by atoms with Crippen LogP contribution in [0.5, 0.6) is 0 Å². The average Bonchev–Trinajstić information content (AvgIpc) is 2.19. The molecule has 2 N–H and O–H groups in total. The maximum Gasteiger partial charge on any atom is 0.228 e. The van der Waals surface area contributed by atoms with Crippen molar-refractivity contribution in [3.63, 3.8) is 0 Å². The molecule has 1 atom stereocenters. The maximum absolute atomic E-state index is 11.1. The van der Waals surface area contributed by atoms with Crippen LogP contribution in [-0.2, 0) is 4.79 Å². The molecule has 0 saturated carbocycles. The van der Waals surface area contributed by atoms with E-state index in [2.05, 4.69) is 10.6 Å². The van der Waals surface area contributed by atoms with E-state index >= 15 is 0 Å². The van der Waals surface area contributed by atoms with Crippen molar-refractivity contribution in [1.29, 1.82) is 0 Å². The smallest absolute Gasteiger partial charge is 0.228 e. The van der Waals surface area contributed by atoms with Crippen molar-refractivity contribution in [2.45, 2.75) is 16.9 Å². The molecule has 0 aromatic heterocycles. The van der Waals surface area contributed by atoms with Gasteiger partial charge in [0.05, 0.1) is 15.7 Å². The number of anilines is 1. The van der Waals surface area contributed by atoms with Gasteiger partial charge in [0.2, 0.25) is 9.70 Å². The zero-order chi connectivity index (χ0) is 14.8. The van der Waals surface area contributed by atoms with Crippen LogP contribution in [0.25, 0.3) is 0 Å². The van der Waals surface area contributed by atoms with Gasteiger partial charge in [-0.25, -0.2) is 0 Å². The van der Waals surface area contributed by atoms with E-state index in [0.29, 0.717) is 10.7 Å². The van der Waals surface area contributed by atoms with E-state index in [4.69, 9.17) is 69.6 Å². The normalized spacial score (nSPS) is 13.0. The second kappa shape index (κ2) is 6.79. The van der Waals surface area contributed by atoms with Crippen LogP contribution in [0.3, 0.4) is 0 Å². The number of rotatable bonds is 3. The maximum atomic E-state index is 11.1. The van der Waals surface area contributed by atoms with E-state index in [1.54, 1.807) is 0 Å². The molecule has 1 aromatic carbocycles. The average molecular weight is 385 g/mol. The third-order valence-electron chi connectivity index (χ3n) is 1.97. The lowest BCUT2D eigenvalue weighted by Gasteiger charge is -2.27. The summed E-state index contributed by atoms with van der Waals surface area (Å²) in [4.78, 5) is 11.1. The molecule has 1 aromatic rings. The number of carbonyl (C=O) groups excluding carboxylic acids is 1. The molecule has 0 bridgehead atoms. The molecule has 9 heteroatoms. The third-order valence-corrected chi connectivity index (χ3v) is 3.44. The lowest BCUT2D eigenvalue weighted by Crippen LogP contribution is -2.48. The number of alkyl halides is 3. The van der Waals surface area contributed by atoms with E-state index in [1.807, 2.05) is 0 Å². The highest BCUT2D eigenvalue weighted by Crippen LogP contribution is 2.37. The number of hydrogen-bond donors (Lipinski definition) is 2. The summed E-state index contributed by atoms with van der Waals surface area (Å²) in [7, 11) is 0. The number of hydrogen-bond acceptors (Lipinski definition) is 2. The van der Waals surface area contributed by atoms with Crippen LogP contribution >= 0.6 is 69.6 Å². The fourth-order valence-corrected chi connectivity index (χ4v) is 2.48. The number of halogens is 6. The molecular weight excluding hydrogens is 377 g/mol. The topological polar surface area (TPSA) is 41.1 Å². The standard InChI is InChI=1S/C10H8Cl6N2O/c1-4(19)17-9(10(14,15)16)18-8-6(12)2-5(11)3-7(8)13/h2-3,9,18H,1H3,(H,17,19). The Hall–Kier alpha value is 0.230. The Balaban J connectivity index is 3.06. The minimum atomic E-state index is -1.79. The van der Waals surface area contributed by atoms with Crippen molar-refractivity contribution in [1.82, 2.24) is 5.32 Å². The number of amides is 1. The molecule has 1 unspecified atom stereocenters. The summed E-state index contributed by atoms with van der Waals surface area (Å²) in [5.74, 6) is -0.384. The Morgan fingerprint density at radius 1 is 1.16 bits per heavy atom. The van der Waals surface area contributed by atoms with Gasteiger partial charge in [-0.1, -0.05) is 69.6 Å². The van der Waals surface area contributed by atoms with Crippen LogP contribution in [0.4, 0.5) is 5.69 Å². The fourth-order valence-electron chi connectivity index (χ4n) is 1.23. The van der Waals surface area contributed by atoms with Crippen molar-refractivity contribution < 1.29 is 4.79 Å². The molecule has 1 rings (SSSR count). The summed E-state index contributed by atoms with van der Waals surface area (Å²) in [6, 6.07) is 2.95. The number of benzene rings is 1. The van der Waals surface area contributed by atoms with E-state index in [-0.39, 0.29) is 16.0 Å². The lowest BCUT2D eigenvalue weighted by atomic mass is 10.3. The zero-order valence-corrected chi connectivity index (χ0v) is 13.9. The first-order valence-corrected chi connectivity index (χ1v) is 7.13. The van der Waals surface area contributed by atoms with Crippen molar-refractivity contribution in [3.8, 4) is 0 Å². The van der Waals surface area contributed by atoms with E-state index in [9.17, 15) is 4.79 Å². The third kappa shape index (κ3) is 5.25. The largest absolute Gasteiger partial charge is 0.359 e. The predicted octanol–water partition coefficient (Wildman–Crippen LogP) is 4.89. The molecule has 19 heavy (non-hydrogen) atoms. The van der Waals surface area contributed by atoms with Gasteiger partial charge in [0.25, 0.3) is 0 Å². The Bertz CT molecular complexity index is 464. The molecular formula is C10H8Cl6N2O. The van der Waals surface area contributed by atoms with Crippen LogP contribution < -0.4 is 10.6 Å². The first-order chi connectivity index (χ1) is 8.61. The molecule has 0 aliphatic carbocycles. The highest BCUT2D eigenvalue weighted by molar-refractivity contribution is 6.68. The van der Waals surface area contributed by atoms with Crippen LogP contribution in [0.1, 0.15) is 6.92 Å². The molecule has 0 fully saturated rings. The Morgan fingerprint density at radius 2 is 1.63 bits per heavy atom. The van der Waals surface area contributed by atoms with Gasteiger partial charge in [-0.05, 0) is 12.1 Å². The zero-order valence-electron chi connectivity index (χ0n) is 9.41. The first-order valence-electron chi connectivity index (χ1n) is 4.86. The Labute approximate surface area is 140 Å². The molecule has 3 nitrogen and oxygen atoms in total. The summed E-state index contributed by atoms with van der Waals surface area (Å²) in [6.45, 7) is 1.29. The summed E-state index contributed by atoms with van der Waals surface area (Å²) in [5, 5.41) is 6.05. The van der Waals surface area contributed by atoms with Crippen LogP contribution in [0.15, 0.2) is 12.1 Å². The predicted molar refractivity (Wildman–Crippen MR) is 83.0 cm³/mol. The number of nitrogens with one attached hydrogen (secondary N) is 2. The fraction of sp³-hybridized carbons (Fsp3) is 0.300. The van der Waals surface area contributed by atoms with Crippen LogP contribution in [-0.4, -0.2) is 15.9 Å². The van der Waals surface area contributed by atoms with Gasteiger partial charge in [-0.3, -0.25) is 4.79 Å². The lowest BCUT2D eigenvalue weighted by molar-refractivity contribution is -0.119. The minimum absolute atomic E-state index is 0.238. The molecule has 0 heterocycles. The second-order valence-corrected chi connectivity index (χ2v) is 7.18. The van der Waals surface area contributed by atoms with Gasteiger partial charge in [0.1, 0.15) is 6.17 Å². The monoisotopic (exact) mass is 382 g/mol. The Morgan fingerprint density at radius 3 is 2.00 bits per heavy atom. The summed E-state index contributed by atoms with van der Waals surface area (Å²) in [5.41, 5.74) is 0.304. The summed E-state index contributed by atoms with van der Waals surface area (Å²) < 4.78 is -1.79. The molecule has 0 radical (unpaired) electrons. The summed E-state index contributed by atoms with van der Waals surface area (Å²) >= 11 is 35.1. The quantitative estimate of drug-likeness (QED) is 0.575.